The van der Waals surface area contributed by atoms with Crippen molar-refractivity contribution in [2.75, 3.05) is 6.54 Å². The highest BCUT2D eigenvalue weighted by Gasteiger charge is 2.45. The molecule has 0 saturated carbocycles. The smallest absolute Gasteiger partial charge is 0.298 e. The maximum atomic E-state index is 15.5. The van der Waals surface area contributed by atoms with Gasteiger partial charge in [0.25, 0.3) is 5.92 Å². The summed E-state index contributed by atoms with van der Waals surface area (Å²) >= 11 is 0. The van der Waals surface area contributed by atoms with E-state index in [1.165, 1.54) is 24.3 Å². The minimum atomic E-state index is -3.69. The van der Waals surface area contributed by atoms with Crippen LogP contribution in [0.4, 0.5) is 17.6 Å². The van der Waals surface area contributed by atoms with Crippen LogP contribution in [0.25, 0.3) is 10.9 Å². The normalized spacial score (nSPS) is 12.8. The van der Waals surface area contributed by atoms with Gasteiger partial charge in [0.2, 0.25) is 0 Å². The first-order valence-electron chi connectivity index (χ1n) is 8.65. The van der Waals surface area contributed by atoms with Crippen LogP contribution < -0.4 is 11.7 Å². The first-order valence-corrected chi connectivity index (χ1v) is 8.65. The molecule has 0 aliphatic carbocycles. The zero-order chi connectivity index (χ0) is 21.9. The van der Waals surface area contributed by atoms with Gasteiger partial charge in [-0.1, -0.05) is 12.1 Å². The number of hydrazine groups is 1. The second kappa shape index (κ2) is 8.34. The Morgan fingerprint density at radius 3 is 2.60 bits per heavy atom. The Morgan fingerprint density at radius 1 is 1.17 bits per heavy atom. The largest absolute Gasteiger partial charge is 0.322 e. The van der Waals surface area contributed by atoms with Crippen LogP contribution in [-0.4, -0.2) is 22.9 Å². The van der Waals surface area contributed by atoms with Crippen molar-refractivity contribution in [1.82, 2.24) is 9.99 Å². The van der Waals surface area contributed by atoms with E-state index in [0.717, 1.165) is 29.5 Å². The van der Waals surface area contributed by atoms with Gasteiger partial charge < -0.3 is 5.84 Å². The molecule has 6 nitrogen and oxygen atoms in total. The molecular formula is C20H16F4N6. The quantitative estimate of drug-likeness (QED) is 0.211. The summed E-state index contributed by atoms with van der Waals surface area (Å²) in [7, 11) is 0. The van der Waals surface area contributed by atoms with Crippen LogP contribution in [-0.2, 0) is 5.92 Å². The molecule has 1 atom stereocenters. The number of hydrogen-bond acceptors (Lipinski definition) is 5. The van der Waals surface area contributed by atoms with E-state index in [4.69, 9.17) is 16.9 Å². The summed E-state index contributed by atoms with van der Waals surface area (Å²) in [5, 5.41) is 13.4. The SMILES string of the molecule is N#Cc1ccc2nc(C(F)(F)C(CN(N)/C=N\N)c3ccc(F)cc3F)ccc2c1. The number of rotatable bonds is 6. The fourth-order valence-electron chi connectivity index (χ4n) is 3.10. The van der Waals surface area contributed by atoms with E-state index >= 15 is 8.78 Å². The molecule has 3 aromatic rings. The third-order valence-electron chi connectivity index (χ3n) is 4.54. The van der Waals surface area contributed by atoms with Crippen molar-refractivity contribution in [1.29, 1.82) is 5.26 Å². The molecule has 0 radical (unpaired) electrons. The summed E-state index contributed by atoms with van der Waals surface area (Å²) in [6.45, 7) is -0.580. The van der Waals surface area contributed by atoms with E-state index in [9.17, 15) is 8.78 Å². The number of pyridine rings is 1. The van der Waals surface area contributed by atoms with Crippen LogP contribution >= 0.6 is 0 Å². The minimum absolute atomic E-state index is 0.234. The molecule has 30 heavy (non-hydrogen) atoms. The Bertz CT molecular complexity index is 1140. The van der Waals surface area contributed by atoms with E-state index in [0.29, 0.717) is 17.0 Å². The lowest BCUT2D eigenvalue weighted by molar-refractivity contribution is -0.0440. The lowest BCUT2D eigenvalue weighted by atomic mass is 9.89. The molecule has 0 aliphatic heterocycles. The van der Waals surface area contributed by atoms with Crippen molar-refractivity contribution in [3.63, 3.8) is 0 Å². The third kappa shape index (κ3) is 4.16. The van der Waals surface area contributed by atoms with Gasteiger partial charge in [-0.25, -0.2) is 19.6 Å². The summed E-state index contributed by atoms with van der Waals surface area (Å²) in [4.78, 5) is 4.00. The fourth-order valence-corrected chi connectivity index (χ4v) is 3.10. The summed E-state index contributed by atoms with van der Waals surface area (Å²) in [6.07, 6.45) is 0.905. The van der Waals surface area contributed by atoms with E-state index in [2.05, 4.69) is 10.1 Å². The fraction of sp³-hybridized carbons (Fsp3) is 0.150. The van der Waals surface area contributed by atoms with Crippen molar-refractivity contribution >= 4 is 17.2 Å². The molecule has 4 N–H and O–H groups in total. The summed E-state index contributed by atoms with van der Waals surface area (Å²) < 4.78 is 58.7. The summed E-state index contributed by atoms with van der Waals surface area (Å²) in [5.41, 5.74) is -0.483. The number of nitriles is 1. The average Bonchev–Trinajstić information content (AvgIpc) is 2.71. The standard InChI is InChI=1S/C20H16F4N6/c21-14-3-4-15(17(22)8-14)16(10-30(27)11-28-26)20(23,24)19-6-2-13-7-12(9-25)1-5-18(13)29-19/h1-8,11,16H,10,26-27H2/b28-11-. The molecule has 0 bridgehead atoms. The molecule has 0 fully saturated rings. The number of benzene rings is 2. The van der Waals surface area contributed by atoms with Crippen molar-refractivity contribution in [2.45, 2.75) is 11.8 Å². The van der Waals surface area contributed by atoms with Gasteiger partial charge in [0.15, 0.2) is 0 Å². The van der Waals surface area contributed by atoms with E-state index in [1.54, 1.807) is 0 Å². The van der Waals surface area contributed by atoms with Crippen molar-refractivity contribution in [2.24, 2.45) is 16.8 Å². The third-order valence-corrected chi connectivity index (χ3v) is 4.54. The number of alkyl halides is 2. The maximum absolute atomic E-state index is 15.5. The Kier molecular flexibility index (Phi) is 5.84. The highest BCUT2D eigenvalue weighted by molar-refractivity contribution is 5.80. The second-order valence-electron chi connectivity index (χ2n) is 6.52. The van der Waals surface area contributed by atoms with E-state index in [-0.39, 0.29) is 5.52 Å². The van der Waals surface area contributed by atoms with Gasteiger partial charge in [-0.15, -0.1) is 0 Å². The lowest BCUT2D eigenvalue weighted by Gasteiger charge is -2.30. The highest BCUT2D eigenvalue weighted by atomic mass is 19.3. The number of nitrogens with zero attached hydrogens (tertiary/aromatic N) is 4. The highest BCUT2D eigenvalue weighted by Crippen LogP contribution is 2.43. The summed E-state index contributed by atoms with van der Waals surface area (Å²) in [5.74, 6) is 3.06. The summed E-state index contributed by atoms with van der Waals surface area (Å²) in [6, 6.07) is 11.2. The molecule has 1 aromatic heterocycles. The number of aromatic nitrogens is 1. The van der Waals surface area contributed by atoms with Gasteiger partial charge in [-0.05, 0) is 35.9 Å². The number of halogens is 4. The van der Waals surface area contributed by atoms with Crippen molar-refractivity contribution < 1.29 is 17.6 Å². The molecule has 0 aliphatic rings. The van der Waals surface area contributed by atoms with E-state index in [1.807, 2.05) is 6.07 Å². The predicted molar refractivity (Wildman–Crippen MR) is 103 cm³/mol. The van der Waals surface area contributed by atoms with Gasteiger partial charge >= 0.3 is 0 Å². The number of nitrogens with two attached hydrogens (primary N) is 2. The Balaban J connectivity index is 2.10. The number of fused-ring (bicyclic) bond motifs is 1. The Labute approximate surface area is 169 Å². The van der Waals surface area contributed by atoms with Crippen LogP contribution in [0.5, 0.6) is 0 Å². The molecule has 3 rings (SSSR count). The molecule has 1 heterocycles. The molecule has 154 valence electrons. The maximum Gasteiger partial charge on any atom is 0.298 e. The van der Waals surface area contributed by atoms with Crippen LogP contribution in [0.15, 0.2) is 53.6 Å². The zero-order valence-electron chi connectivity index (χ0n) is 15.4. The van der Waals surface area contributed by atoms with Gasteiger partial charge in [0, 0.05) is 18.0 Å². The molecule has 0 amide bonds. The second-order valence-corrected chi connectivity index (χ2v) is 6.52. The number of hydrazone groups is 1. The van der Waals surface area contributed by atoms with Crippen molar-refractivity contribution in [3.05, 3.63) is 77.0 Å². The monoisotopic (exact) mass is 416 g/mol. The van der Waals surface area contributed by atoms with Crippen LogP contribution in [0.3, 0.4) is 0 Å². The zero-order valence-corrected chi connectivity index (χ0v) is 15.4. The molecule has 10 heteroatoms. The lowest BCUT2D eigenvalue weighted by Crippen LogP contribution is -2.40. The van der Waals surface area contributed by atoms with Gasteiger partial charge in [-0.3, -0.25) is 5.01 Å². The number of hydrogen-bond donors (Lipinski definition) is 2. The van der Waals surface area contributed by atoms with Crippen molar-refractivity contribution in [3.8, 4) is 6.07 Å². The molecule has 0 spiro atoms. The van der Waals surface area contributed by atoms with Crippen LogP contribution in [0.2, 0.25) is 0 Å². The molecular weight excluding hydrogens is 400 g/mol. The Morgan fingerprint density at radius 2 is 1.93 bits per heavy atom. The van der Waals surface area contributed by atoms with Gasteiger partial charge in [0.05, 0.1) is 23.1 Å². The van der Waals surface area contributed by atoms with Gasteiger partial charge in [0.1, 0.15) is 23.7 Å². The first-order chi connectivity index (χ1) is 14.3. The van der Waals surface area contributed by atoms with E-state index < -0.39 is 41.3 Å². The van der Waals surface area contributed by atoms with Gasteiger partial charge in [-0.2, -0.15) is 19.1 Å². The minimum Gasteiger partial charge on any atom is -0.322 e. The Hall–Kier alpha value is -3.71. The average molecular weight is 416 g/mol. The predicted octanol–water partition coefficient (Wildman–Crippen LogP) is 3.34. The molecule has 1 unspecified atom stereocenters. The molecule has 0 saturated heterocycles. The molecule has 2 aromatic carbocycles. The topological polar surface area (TPSA) is 104 Å². The first kappa shape index (κ1) is 21.0. The van der Waals surface area contributed by atoms with Crippen LogP contribution in [0, 0.1) is 23.0 Å². The van der Waals surface area contributed by atoms with Crippen LogP contribution in [0.1, 0.15) is 22.7 Å².